The number of rotatable bonds is 2. The van der Waals surface area contributed by atoms with Crippen LogP contribution in [-0.2, 0) is 20.4 Å². The fourth-order valence-corrected chi connectivity index (χ4v) is 6.12. The second-order valence-electron chi connectivity index (χ2n) is 7.23. The number of anilines is 1. The van der Waals surface area contributed by atoms with Crippen LogP contribution in [0.15, 0.2) is 65.6 Å². The second-order valence-corrected chi connectivity index (χ2v) is 9.04. The molecule has 134 valence electrons. The highest BCUT2D eigenvalue weighted by Crippen LogP contribution is 2.54. The number of aryl methyl sites for hydroxylation is 1. The van der Waals surface area contributed by atoms with Gasteiger partial charge in [-0.3, -0.25) is 4.31 Å². The van der Waals surface area contributed by atoms with E-state index in [1.807, 2.05) is 31.2 Å². The predicted molar refractivity (Wildman–Crippen MR) is 97.4 cm³/mol. The second kappa shape index (κ2) is 5.19. The molecule has 5 rings (SSSR count). The summed E-state index contributed by atoms with van der Waals surface area (Å²) in [4.78, 5) is 0.214. The molecule has 3 aliphatic heterocycles. The van der Waals surface area contributed by atoms with Crippen LogP contribution in [0.4, 0.5) is 5.69 Å². The van der Waals surface area contributed by atoms with E-state index in [0.29, 0.717) is 17.7 Å². The largest absolute Gasteiger partial charge is 0.383 e. The van der Waals surface area contributed by atoms with E-state index in [4.69, 9.17) is 4.74 Å². The van der Waals surface area contributed by atoms with Crippen molar-refractivity contribution in [1.82, 2.24) is 0 Å². The molecule has 2 aromatic rings. The maximum atomic E-state index is 13.5. The Hall–Kier alpha value is -2.15. The van der Waals surface area contributed by atoms with Crippen molar-refractivity contribution in [3.63, 3.8) is 0 Å². The predicted octanol–water partition coefficient (Wildman–Crippen LogP) is 2.49. The lowest BCUT2D eigenvalue weighted by Gasteiger charge is -2.42. The fourth-order valence-electron chi connectivity index (χ4n) is 4.40. The lowest BCUT2D eigenvalue weighted by atomic mass is 9.82. The molecule has 1 fully saturated rings. The molecule has 0 saturated carbocycles. The third-order valence-corrected chi connectivity index (χ3v) is 7.41. The van der Waals surface area contributed by atoms with Crippen LogP contribution in [0, 0.1) is 6.92 Å². The van der Waals surface area contributed by atoms with Crippen molar-refractivity contribution < 1.29 is 18.3 Å². The molecule has 1 N–H and O–H groups in total. The maximum Gasteiger partial charge on any atom is 0.264 e. The van der Waals surface area contributed by atoms with Crippen molar-refractivity contribution >= 4 is 15.7 Å². The normalized spacial score (nSPS) is 31.8. The molecule has 0 radical (unpaired) electrons. The van der Waals surface area contributed by atoms with E-state index in [1.54, 1.807) is 36.4 Å². The average Bonchev–Trinajstić information content (AvgIpc) is 3.13. The summed E-state index contributed by atoms with van der Waals surface area (Å²) in [6.07, 6.45) is 3.49. The molecular weight excluding hydrogens is 350 g/mol. The molecule has 2 aromatic carbocycles. The highest BCUT2D eigenvalue weighted by Gasteiger charge is 2.61. The first kappa shape index (κ1) is 16.1. The topological polar surface area (TPSA) is 66.8 Å². The highest BCUT2D eigenvalue weighted by atomic mass is 32.2. The lowest BCUT2D eigenvalue weighted by Crippen LogP contribution is -2.57. The van der Waals surface area contributed by atoms with Crippen LogP contribution in [-0.4, -0.2) is 31.8 Å². The smallest absolute Gasteiger partial charge is 0.264 e. The van der Waals surface area contributed by atoms with Crippen LogP contribution in [0.25, 0.3) is 0 Å². The van der Waals surface area contributed by atoms with Crippen molar-refractivity contribution in [1.29, 1.82) is 0 Å². The van der Waals surface area contributed by atoms with Gasteiger partial charge in [-0.15, -0.1) is 0 Å². The van der Waals surface area contributed by atoms with Gasteiger partial charge >= 0.3 is 0 Å². The summed E-state index contributed by atoms with van der Waals surface area (Å²) in [6.45, 7) is 1.92. The SMILES string of the molecule is Cc1ccc(S(=O)(=O)N2c3ccccc3[C@]3(O)C[C@@H]4C=C[C@@H](O4)[C@H]23)cc1. The van der Waals surface area contributed by atoms with Gasteiger partial charge in [0.15, 0.2) is 0 Å². The van der Waals surface area contributed by atoms with Crippen molar-refractivity contribution in [2.75, 3.05) is 4.31 Å². The first-order valence-electron chi connectivity index (χ1n) is 8.68. The Balaban J connectivity index is 1.72. The Kier molecular flexibility index (Phi) is 3.20. The van der Waals surface area contributed by atoms with Gasteiger partial charge in [0, 0.05) is 12.0 Å². The number of para-hydroxylation sites is 1. The average molecular weight is 369 g/mol. The number of nitrogens with zero attached hydrogens (tertiary/aromatic N) is 1. The first-order chi connectivity index (χ1) is 12.4. The molecule has 6 heteroatoms. The zero-order valence-corrected chi connectivity index (χ0v) is 15.1. The summed E-state index contributed by atoms with van der Waals surface area (Å²) in [6, 6.07) is 13.3. The van der Waals surface area contributed by atoms with Gasteiger partial charge in [0.05, 0.1) is 16.7 Å². The molecule has 5 nitrogen and oxygen atoms in total. The Labute approximate surface area is 152 Å². The third-order valence-electron chi connectivity index (χ3n) is 5.60. The number of sulfonamides is 1. The molecule has 4 atom stereocenters. The van der Waals surface area contributed by atoms with Crippen LogP contribution >= 0.6 is 0 Å². The number of ether oxygens (including phenoxy) is 1. The molecule has 0 aliphatic carbocycles. The Bertz CT molecular complexity index is 1010. The van der Waals surface area contributed by atoms with E-state index in [9.17, 15) is 13.5 Å². The van der Waals surface area contributed by atoms with Crippen LogP contribution in [0.3, 0.4) is 0 Å². The van der Waals surface area contributed by atoms with Crippen LogP contribution in [0.5, 0.6) is 0 Å². The van der Waals surface area contributed by atoms with E-state index in [-0.39, 0.29) is 11.0 Å². The fraction of sp³-hybridized carbons (Fsp3) is 0.300. The van der Waals surface area contributed by atoms with Crippen LogP contribution < -0.4 is 4.31 Å². The Morgan fingerprint density at radius 3 is 2.62 bits per heavy atom. The highest BCUT2D eigenvalue weighted by molar-refractivity contribution is 7.92. The van der Waals surface area contributed by atoms with Crippen molar-refractivity contribution in [2.45, 2.75) is 42.1 Å². The van der Waals surface area contributed by atoms with Gasteiger partial charge in [-0.1, -0.05) is 48.0 Å². The van der Waals surface area contributed by atoms with Crippen LogP contribution in [0.1, 0.15) is 17.5 Å². The number of hydrogen-bond donors (Lipinski definition) is 1. The van der Waals surface area contributed by atoms with E-state index in [0.717, 1.165) is 5.56 Å². The number of fused-ring (bicyclic) bond motifs is 6. The van der Waals surface area contributed by atoms with Gasteiger partial charge < -0.3 is 9.84 Å². The molecule has 0 amide bonds. The third kappa shape index (κ3) is 2.00. The summed E-state index contributed by atoms with van der Waals surface area (Å²) < 4.78 is 34.3. The first-order valence-corrected chi connectivity index (χ1v) is 10.1. The maximum absolute atomic E-state index is 13.5. The Morgan fingerprint density at radius 1 is 1.12 bits per heavy atom. The number of benzene rings is 2. The molecule has 26 heavy (non-hydrogen) atoms. The minimum atomic E-state index is -3.84. The molecule has 0 unspecified atom stereocenters. The van der Waals surface area contributed by atoms with Gasteiger partial charge in [-0.2, -0.15) is 0 Å². The quantitative estimate of drug-likeness (QED) is 0.826. The van der Waals surface area contributed by atoms with Crippen molar-refractivity contribution in [3.05, 3.63) is 71.8 Å². The summed E-state index contributed by atoms with van der Waals surface area (Å²) in [5, 5.41) is 11.5. The minimum absolute atomic E-state index is 0.184. The van der Waals surface area contributed by atoms with E-state index in [2.05, 4.69) is 0 Å². The standard InChI is InChI=1S/C20H19NO4S/c1-13-6-9-15(10-7-13)26(23,24)21-17-5-3-2-4-16(17)20(22)12-14-8-11-18(25-14)19(20)21/h2-11,14,18-19,22H,12H2,1H3/t14-,18+,19-,20+/m0/s1. The van der Waals surface area contributed by atoms with Gasteiger partial charge in [0.2, 0.25) is 0 Å². The van der Waals surface area contributed by atoms with Gasteiger partial charge in [0.1, 0.15) is 17.7 Å². The van der Waals surface area contributed by atoms with E-state index < -0.39 is 27.8 Å². The van der Waals surface area contributed by atoms with Crippen LogP contribution in [0.2, 0.25) is 0 Å². The monoisotopic (exact) mass is 369 g/mol. The summed E-state index contributed by atoms with van der Waals surface area (Å²) >= 11 is 0. The number of aliphatic hydroxyl groups is 1. The molecule has 0 spiro atoms. The van der Waals surface area contributed by atoms with Gasteiger partial charge in [-0.05, 0) is 25.1 Å². The zero-order valence-electron chi connectivity index (χ0n) is 14.2. The lowest BCUT2D eigenvalue weighted by molar-refractivity contribution is -0.114. The number of hydrogen-bond acceptors (Lipinski definition) is 4. The van der Waals surface area contributed by atoms with E-state index in [1.165, 1.54) is 4.31 Å². The summed E-state index contributed by atoms with van der Waals surface area (Å²) in [5.41, 5.74) is 0.920. The summed E-state index contributed by atoms with van der Waals surface area (Å²) in [5.74, 6) is 0. The van der Waals surface area contributed by atoms with Crippen molar-refractivity contribution in [2.24, 2.45) is 0 Å². The molecule has 3 heterocycles. The van der Waals surface area contributed by atoms with Crippen molar-refractivity contribution in [3.8, 4) is 0 Å². The molecule has 1 saturated heterocycles. The molecule has 0 aromatic heterocycles. The summed E-state index contributed by atoms with van der Waals surface area (Å²) in [7, 11) is -3.84. The minimum Gasteiger partial charge on any atom is -0.383 e. The van der Waals surface area contributed by atoms with Gasteiger partial charge in [0.25, 0.3) is 10.0 Å². The van der Waals surface area contributed by atoms with Gasteiger partial charge in [-0.25, -0.2) is 8.42 Å². The van der Waals surface area contributed by atoms with E-state index >= 15 is 0 Å². The molecule has 2 bridgehead atoms. The Morgan fingerprint density at radius 2 is 1.85 bits per heavy atom. The molecule has 3 aliphatic rings. The zero-order chi connectivity index (χ0) is 18.1. The molecular formula is C20H19NO4S.